The maximum Gasteiger partial charge on any atom is 0.326 e. The molecule has 1 atom stereocenters. The lowest BCUT2D eigenvalue weighted by Crippen LogP contribution is -2.55. The Hall–Kier alpha value is -2.81. The van der Waals surface area contributed by atoms with Crippen molar-refractivity contribution in [3.05, 3.63) is 45.8 Å². The predicted molar refractivity (Wildman–Crippen MR) is 80.0 cm³/mol. The van der Waals surface area contributed by atoms with Crippen LogP contribution in [0.4, 0.5) is 0 Å². The van der Waals surface area contributed by atoms with E-state index in [1.807, 2.05) is 0 Å². The van der Waals surface area contributed by atoms with Crippen LogP contribution >= 0.6 is 0 Å². The molecule has 0 bridgehead atoms. The van der Waals surface area contributed by atoms with E-state index in [0.29, 0.717) is 11.5 Å². The van der Waals surface area contributed by atoms with Gasteiger partial charge >= 0.3 is 5.70 Å². The number of nitrogens with one attached hydrogen (secondary N) is 1. The minimum absolute atomic E-state index is 0.204. The second-order valence-corrected chi connectivity index (χ2v) is 4.68. The Morgan fingerprint density at radius 2 is 2.14 bits per heavy atom. The third kappa shape index (κ3) is 2.93. The molecule has 9 nitrogen and oxygen atoms in total. The van der Waals surface area contributed by atoms with Gasteiger partial charge < -0.3 is 20.5 Å². The highest BCUT2D eigenvalue weighted by Gasteiger charge is 2.33. The van der Waals surface area contributed by atoms with Gasteiger partial charge in [0.25, 0.3) is 0 Å². The van der Waals surface area contributed by atoms with Gasteiger partial charge in [-0.15, -0.1) is 0 Å². The summed E-state index contributed by atoms with van der Waals surface area (Å²) in [6, 6.07) is 5.34. The molecular weight excluding hydrogens is 290 g/mol. The highest BCUT2D eigenvalue weighted by Crippen LogP contribution is 2.32. The summed E-state index contributed by atoms with van der Waals surface area (Å²) in [5.41, 5.74) is 12.1. The zero-order chi connectivity index (χ0) is 16.3. The third-order valence-corrected chi connectivity index (χ3v) is 3.18. The summed E-state index contributed by atoms with van der Waals surface area (Å²) in [6.45, 7) is 0. The fraction of sp³-hybridized carbons (Fsp3) is 0.308. The number of amidine groups is 1. The van der Waals surface area contributed by atoms with E-state index in [9.17, 15) is 10.1 Å². The molecule has 5 N–H and O–H groups in total. The summed E-state index contributed by atoms with van der Waals surface area (Å²) < 4.78 is 10.5. The molecule has 1 aromatic rings. The Morgan fingerprint density at radius 3 is 2.68 bits per heavy atom. The zero-order valence-electron chi connectivity index (χ0n) is 12.2. The average molecular weight is 307 g/mol. The molecule has 0 fully saturated rings. The van der Waals surface area contributed by atoms with Gasteiger partial charge in [-0.05, 0) is 6.07 Å². The number of nitrogens with zero attached hydrogens (tertiary/aromatic N) is 2. The normalized spacial score (nSPS) is 20.5. The highest BCUT2D eigenvalue weighted by molar-refractivity contribution is 5.95. The fourth-order valence-electron chi connectivity index (χ4n) is 2.19. The Kier molecular flexibility index (Phi) is 4.18. The van der Waals surface area contributed by atoms with Crippen molar-refractivity contribution in [2.24, 2.45) is 16.5 Å². The van der Waals surface area contributed by atoms with Gasteiger partial charge in [0.2, 0.25) is 5.84 Å². The summed E-state index contributed by atoms with van der Waals surface area (Å²) in [4.78, 5) is 14.1. The van der Waals surface area contributed by atoms with Crippen LogP contribution < -0.4 is 26.3 Å². The van der Waals surface area contributed by atoms with Gasteiger partial charge in [0.05, 0.1) is 25.3 Å². The van der Waals surface area contributed by atoms with E-state index in [1.165, 1.54) is 14.2 Å². The van der Waals surface area contributed by atoms with Gasteiger partial charge in [-0.1, -0.05) is 12.1 Å². The third-order valence-electron chi connectivity index (χ3n) is 3.18. The molecule has 0 radical (unpaired) electrons. The second kappa shape index (κ2) is 5.90. The van der Waals surface area contributed by atoms with Gasteiger partial charge in [0.1, 0.15) is 0 Å². The van der Waals surface area contributed by atoms with Crippen molar-refractivity contribution in [1.29, 1.82) is 0 Å². The minimum atomic E-state index is -1.30. The topological polar surface area (TPSA) is 138 Å². The largest absolute Gasteiger partial charge is 0.493 e. The van der Waals surface area contributed by atoms with E-state index in [1.54, 1.807) is 18.2 Å². The smallest absolute Gasteiger partial charge is 0.326 e. The summed E-state index contributed by atoms with van der Waals surface area (Å²) in [5, 5.41) is 13.5. The van der Waals surface area contributed by atoms with E-state index in [2.05, 4.69) is 10.3 Å². The lowest BCUT2D eigenvalue weighted by Gasteiger charge is -2.29. The Bertz CT molecular complexity index is 658. The number of nitrogens with two attached hydrogens (primary N) is 2. The van der Waals surface area contributed by atoms with Crippen LogP contribution in [-0.2, 0) is 6.42 Å². The predicted octanol–water partition coefficient (Wildman–Crippen LogP) is -0.0627. The summed E-state index contributed by atoms with van der Waals surface area (Å²) in [5.74, 6) is -0.455. The van der Waals surface area contributed by atoms with Crippen molar-refractivity contribution in [3.63, 3.8) is 0 Å². The first-order chi connectivity index (χ1) is 10.4. The maximum absolute atomic E-state index is 10.8. The summed E-state index contributed by atoms with van der Waals surface area (Å²) >= 11 is 0. The quantitative estimate of drug-likeness (QED) is 0.511. The molecule has 1 unspecified atom stereocenters. The van der Waals surface area contributed by atoms with Crippen molar-refractivity contribution >= 4 is 5.84 Å². The fourth-order valence-corrected chi connectivity index (χ4v) is 2.19. The standard InChI is InChI=1S/C13H17N5O4/c1-21-10-5-3-4-8(11(10)22-2)6-13(15)16-7-9(18(19)20)12(14)17-13/h3-5,7,16H,6,15H2,1-2H3,(H2,14,17). The number of methoxy groups -OCH3 is 2. The Morgan fingerprint density at radius 1 is 1.41 bits per heavy atom. The Balaban J connectivity index is 2.31. The van der Waals surface area contributed by atoms with Crippen LogP contribution in [-0.4, -0.2) is 30.8 Å². The van der Waals surface area contributed by atoms with Crippen molar-refractivity contribution in [2.45, 2.75) is 12.2 Å². The van der Waals surface area contributed by atoms with E-state index in [4.69, 9.17) is 20.9 Å². The van der Waals surface area contributed by atoms with E-state index in [-0.39, 0.29) is 18.0 Å². The summed E-state index contributed by atoms with van der Waals surface area (Å²) in [7, 11) is 3.04. The zero-order valence-corrected chi connectivity index (χ0v) is 12.2. The number of rotatable bonds is 5. The second-order valence-electron chi connectivity index (χ2n) is 4.68. The van der Waals surface area contributed by atoms with Gasteiger partial charge in [-0.25, -0.2) is 4.99 Å². The number of hydrogen-bond donors (Lipinski definition) is 3. The molecule has 1 heterocycles. The van der Waals surface area contributed by atoms with Crippen molar-refractivity contribution in [1.82, 2.24) is 5.32 Å². The number of nitro groups is 1. The van der Waals surface area contributed by atoms with Crippen LogP contribution in [0.25, 0.3) is 0 Å². The van der Waals surface area contributed by atoms with Crippen LogP contribution in [0.15, 0.2) is 35.1 Å². The van der Waals surface area contributed by atoms with Crippen molar-refractivity contribution < 1.29 is 14.4 Å². The highest BCUT2D eigenvalue weighted by atomic mass is 16.6. The molecule has 0 saturated heterocycles. The molecule has 22 heavy (non-hydrogen) atoms. The number of ether oxygens (including phenoxy) is 2. The minimum Gasteiger partial charge on any atom is -0.493 e. The first-order valence-corrected chi connectivity index (χ1v) is 6.37. The molecule has 0 aromatic heterocycles. The molecule has 118 valence electrons. The van der Waals surface area contributed by atoms with Crippen LogP contribution in [0.3, 0.4) is 0 Å². The van der Waals surface area contributed by atoms with Gasteiger partial charge in [-0.2, -0.15) is 0 Å². The lowest BCUT2D eigenvalue weighted by atomic mass is 10.0. The molecule has 0 aliphatic carbocycles. The van der Waals surface area contributed by atoms with E-state index in [0.717, 1.165) is 11.8 Å². The van der Waals surface area contributed by atoms with Crippen LogP contribution in [0.5, 0.6) is 11.5 Å². The average Bonchev–Trinajstić information content (AvgIpc) is 2.46. The SMILES string of the molecule is COc1cccc(CC2(N)N=C(N)C([N+](=O)[O-])=CN2)c1OC. The van der Waals surface area contributed by atoms with Gasteiger partial charge in [0, 0.05) is 12.0 Å². The van der Waals surface area contributed by atoms with Crippen molar-refractivity contribution in [2.75, 3.05) is 14.2 Å². The maximum atomic E-state index is 10.8. The molecule has 0 spiro atoms. The Labute approximate surface area is 126 Å². The molecule has 2 rings (SSSR count). The van der Waals surface area contributed by atoms with E-state index >= 15 is 0 Å². The first-order valence-electron chi connectivity index (χ1n) is 6.37. The first kappa shape index (κ1) is 15.6. The molecule has 1 aromatic carbocycles. The van der Waals surface area contributed by atoms with Gasteiger partial charge in [0.15, 0.2) is 17.3 Å². The number of hydrogen-bond acceptors (Lipinski definition) is 8. The van der Waals surface area contributed by atoms with Crippen LogP contribution in [0.1, 0.15) is 5.56 Å². The molecule has 9 heteroatoms. The van der Waals surface area contributed by atoms with Gasteiger partial charge in [-0.3, -0.25) is 15.8 Å². The molecule has 1 aliphatic heterocycles. The molecule has 1 aliphatic rings. The van der Waals surface area contributed by atoms with Crippen LogP contribution in [0.2, 0.25) is 0 Å². The molecular formula is C13H17N5O4. The van der Waals surface area contributed by atoms with Crippen LogP contribution in [0, 0.1) is 10.1 Å². The molecule has 0 amide bonds. The molecule has 0 saturated carbocycles. The number of benzene rings is 1. The summed E-state index contributed by atoms with van der Waals surface area (Å²) in [6.07, 6.45) is 1.35. The monoisotopic (exact) mass is 307 g/mol. The van der Waals surface area contributed by atoms with E-state index < -0.39 is 10.7 Å². The lowest BCUT2D eigenvalue weighted by molar-refractivity contribution is -0.416. The number of para-hydroxylation sites is 1. The van der Waals surface area contributed by atoms with Crippen molar-refractivity contribution in [3.8, 4) is 11.5 Å². The number of aliphatic imine (C=N–C) groups is 1.